The van der Waals surface area contributed by atoms with E-state index in [2.05, 4.69) is 10.3 Å². The zero-order valence-electron chi connectivity index (χ0n) is 12.4. The average Bonchev–Trinajstić information content (AvgIpc) is 3.03. The standard InChI is InChI=1S/C15H13Cl2N3O3S/c16-9-1-2-10(11(17)7-9)13(21)19-15-18-12(8-24-15)14(22)20-3-5-23-6-4-20/h1-2,7-8H,3-6H2,(H,18,19,21). The monoisotopic (exact) mass is 385 g/mol. The van der Waals surface area contributed by atoms with Crippen molar-refractivity contribution in [3.63, 3.8) is 0 Å². The number of carbonyl (C=O) groups is 2. The zero-order chi connectivity index (χ0) is 17.1. The van der Waals surface area contributed by atoms with Crippen LogP contribution in [0.25, 0.3) is 0 Å². The van der Waals surface area contributed by atoms with Gasteiger partial charge in [-0.2, -0.15) is 0 Å². The maximum Gasteiger partial charge on any atom is 0.273 e. The molecule has 1 N–H and O–H groups in total. The second-order valence-corrected chi connectivity index (χ2v) is 6.72. The van der Waals surface area contributed by atoms with Crippen molar-refractivity contribution >= 4 is 51.5 Å². The lowest BCUT2D eigenvalue weighted by Crippen LogP contribution is -2.40. The molecular weight excluding hydrogens is 373 g/mol. The van der Waals surface area contributed by atoms with Gasteiger partial charge in [-0.15, -0.1) is 11.3 Å². The van der Waals surface area contributed by atoms with E-state index in [1.165, 1.54) is 23.5 Å². The van der Waals surface area contributed by atoms with Crippen LogP contribution in [0.15, 0.2) is 23.6 Å². The van der Waals surface area contributed by atoms with Gasteiger partial charge in [0.1, 0.15) is 5.69 Å². The maximum atomic E-state index is 12.3. The highest BCUT2D eigenvalue weighted by molar-refractivity contribution is 7.14. The minimum atomic E-state index is -0.406. The maximum absolute atomic E-state index is 12.3. The first-order valence-electron chi connectivity index (χ1n) is 7.13. The third kappa shape index (κ3) is 3.87. The number of halogens is 2. The molecule has 2 amide bonds. The van der Waals surface area contributed by atoms with Crippen molar-refractivity contribution < 1.29 is 14.3 Å². The van der Waals surface area contributed by atoms with Gasteiger partial charge in [-0.1, -0.05) is 23.2 Å². The predicted molar refractivity (Wildman–Crippen MR) is 93.3 cm³/mol. The molecule has 3 rings (SSSR count). The molecule has 0 atom stereocenters. The van der Waals surface area contributed by atoms with Crippen LogP contribution in [0.2, 0.25) is 10.0 Å². The van der Waals surface area contributed by atoms with Crippen LogP contribution < -0.4 is 5.32 Å². The molecule has 6 nitrogen and oxygen atoms in total. The van der Waals surface area contributed by atoms with E-state index in [1.807, 2.05) is 0 Å². The number of thiazole rings is 1. The van der Waals surface area contributed by atoms with Crippen molar-refractivity contribution in [3.8, 4) is 0 Å². The highest BCUT2D eigenvalue weighted by atomic mass is 35.5. The number of morpholine rings is 1. The fourth-order valence-electron chi connectivity index (χ4n) is 2.20. The van der Waals surface area contributed by atoms with Crippen molar-refractivity contribution in [2.75, 3.05) is 31.6 Å². The molecule has 1 fully saturated rings. The molecule has 1 aromatic carbocycles. The van der Waals surface area contributed by atoms with Gasteiger partial charge in [0.2, 0.25) is 0 Å². The Labute approximate surface area is 152 Å². The van der Waals surface area contributed by atoms with Crippen molar-refractivity contribution in [3.05, 3.63) is 44.9 Å². The summed E-state index contributed by atoms with van der Waals surface area (Å²) in [7, 11) is 0. The Kier molecular flexibility index (Phi) is 5.35. The first-order valence-corrected chi connectivity index (χ1v) is 8.77. The Hall–Kier alpha value is -1.67. The SMILES string of the molecule is O=C(Nc1nc(C(=O)N2CCOCC2)cs1)c1ccc(Cl)cc1Cl. The molecule has 0 radical (unpaired) electrons. The molecule has 1 aliphatic rings. The van der Waals surface area contributed by atoms with Crippen LogP contribution in [0.3, 0.4) is 0 Å². The molecule has 0 unspecified atom stereocenters. The number of ether oxygens (including phenoxy) is 1. The normalized spacial score (nSPS) is 14.5. The van der Waals surface area contributed by atoms with Crippen LogP contribution in [-0.2, 0) is 4.74 Å². The fourth-order valence-corrected chi connectivity index (χ4v) is 3.37. The summed E-state index contributed by atoms with van der Waals surface area (Å²) >= 11 is 13.0. The molecule has 9 heteroatoms. The Morgan fingerprint density at radius 3 is 2.71 bits per heavy atom. The van der Waals surface area contributed by atoms with Gasteiger partial charge in [-0.05, 0) is 18.2 Å². The number of aromatic nitrogens is 1. The van der Waals surface area contributed by atoms with E-state index < -0.39 is 5.91 Å². The van der Waals surface area contributed by atoms with Gasteiger partial charge in [-0.25, -0.2) is 4.98 Å². The summed E-state index contributed by atoms with van der Waals surface area (Å²) in [6.07, 6.45) is 0. The molecule has 0 bridgehead atoms. The first kappa shape index (κ1) is 17.2. The molecule has 1 aliphatic heterocycles. The van der Waals surface area contributed by atoms with E-state index in [0.29, 0.717) is 42.2 Å². The summed E-state index contributed by atoms with van der Waals surface area (Å²) in [5.41, 5.74) is 0.594. The number of amides is 2. The Morgan fingerprint density at radius 1 is 1.25 bits per heavy atom. The van der Waals surface area contributed by atoms with Crippen LogP contribution in [0.1, 0.15) is 20.8 Å². The number of carbonyl (C=O) groups excluding carboxylic acids is 2. The zero-order valence-corrected chi connectivity index (χ0v) is 14.7. The molecule has 0 saturated carbocycles. The molecule has 1 aromatic heterocycles. The first-order chi connectivity index (χ1) is 11.5. The van der Waals surface area contributed by atoms with Crippen molar-refractivity contribution in [2.45, 2.75) is 0 Å². The minimum Gasteiger partial charge on any atom is -0.378 e. The Morgan fingerprint density at radius 2 is 2.00 bits per heavy atom. The van der Waals surface area contributed by atoms with Crippen LogP contribution in [0.5, 0.6) is 0 Å². The summed E-state index contributed by atoms with van der Waals surface area (Å²) in [6, 6.07) is 4.61. The van der Waals surface area contributed by atoms with Gasteiger partial charge in [-0.3, -0.25) is 14.9 Å². The van der Waals surface area contributed by atoms with Crippen LogP contribution in [0.4, 0.5) is 5.13 Å². The van der Waals surface area contributed by atoms with Crippen molar-refractivity contribution in [1.82, 2.24) is 9.88 Å². The van der Waals surface area contributed by atoms with E-state index in [0.717, 1.165) is 0 Å². The van der Waals surface area contributed by atoms with Gasteiger partial charge in [0.25, 0.3) is 11.8 Å². The van der Waals surface area contributed by atoms with E-state index in [9.17, 15) is 9.59 Å². The molecular formula is C15H13Cl2N3O3S. The largest absolute Gasteiger partial charge is 0.378 e. The van der Waals surface area contributed by atoms with Gasteiger partial charge in [0.05, 0.1) is 23.8 Å². The number of rotatable bonds is 3. The minimum absolute atomic E-state index is 0.167. The van der Waals surface area contributed by atoms with Crippen LogP contribution >= 0.6 is 34.5 Å². The number of hydrogen-bond acceptors (Lipinski definition) is 5. The van der Waals surface area contributed by atoms with Crippen LogP contribution in [0, 0.1) is 0 Å². The van der Waals surface area contributed by atoms with Gasteiger partial charge in [0, 0.05) is 23.5 Å². The number of hydrogen-bond donors (Lipinski definition) is 1. The third-order valence-corrected chi connectivity index (χ3v) is 4.72. The third-order valence-electron chi connectivity index (χ3n) is 3.42. The molecule has 1 saturated heterocycles. The van der Waals surface area contributed by atoms with E-state index in [-0.39, 0.29) is 16.5 Å². The highest BCUT2D eigenvalue weighted by Crippen LogP contribution is 2.23. The quantitative estimate of drug-likeness (QED) is 0.880. The molecule has 0 spiro atoms. The number of nitrogens with one attached hydrogen (secondary N) is 1. The lowest BCUT2D eigenvalue weighted by molar-refractivity contribution is 0.0299. The second kappa shape index (κ2) is 7.48. The van der Waals surface area contributed by atoms with E-state index in [4.69, 9.17) is 27.9 Å². The number of nitrogens with zero attached hydrogens (tertiary/aromatic N) is 2. The molecule has 2 aromatic rings. The van der Waals surface area contributed by atoms with Gasteiger partial charge in [0.15, 0.2) is 5.13 Å². The van der Waals surface area contributed by atoms with Crippen molar-refractivity contribution in [1.29, 1.82) is 0 Å². The number of benzene rings is 1. The van der Waals surface area contributed by atoms with E-state index >= 15 is 0 Å². The lowest BCUT2D eigenvalue weighted by atomic mass is 10.2. The Balaban J connectivity index is 1.69. The summed E-state index contributed by atoms with van der Waals surface area (Å²) in [5.74, 6) is -0.573. The topological polar surface area (TPSA) is 71.5 Å². The van der Waals surface area contributed by atoms with Crippen LogP contribution in [-0.4, -0.2) is 48.0 Å². The highest BCUT2D eigenvalue weighted by Gasteiger charge is 2.21. The molecule has 24 heavy (non-hydrogen) atoms. The molecule has 0 aliphatic carbocycles. The molecule has 126 valence electrons. The van der Waals surface area contributed by atoms with Gasteiger partial charge < -0.3 is 9.64 Å². The Bertz CT molecular complexity index is 775. The van der Waals surface area contributed by atoms with Crippen molar-refractivity contribution in [2.24, 2.45) is 0 Å². The second-order valence-electron chi connectivity index (χ2n) is 5.02. The summed E-state index contributed by atoms with van der Waals surface area (Å²) in [4.78, 5) is 30.4. The van der Waals surface area contributed by atoms with Gasteiger partial charge >= 0.3 is 0 Å². The predicted octanol–water partition coefficient (Wildman–Crippen LogP) is 3.17. The lowest BCUT2D eigenvalue weighted by Gasteiger charge is -2.25. The van der Waals surface area contributed by atoms with E-state index in [1.54, 1.807) is 16.3 Å². The average molecular weight is 386 g/mol. The summed E-state index contributed by atoms with van der Waals surface area (Å²) in [5, 5.41) is 5.30. The molecule has 2 heterocycles. The summed E-state index contributed by atoms with van der Waals surface area (Å²) in [6.45, 7) is 2.12. The smallest absolute Gasteiger partial charge is 0.273 e. The fraction of sp³-hybridized carbons (Fsp3) is 0.267. The summed E-state index contributed by atoms with van der Waals surface area (Å²) < 4.78 is 5.22. The number of anilines is 1.